The molecule has 0 aliphatic carbocycles. The summed E-state index contributed by atoms with van der Waals surface area (Å²) in [6.07, 6.45) is 3.72. The number of para-hydroxylation sites is 1. The van der Waals surface area contributed by atoms with Crippen molar-refractivity contribution in [2.45, 2.75) is 45.7 Å². The Morgan fingerprint density at radius 2 is 2.00 bits per heavy atom. The standard InChI is InChI=1S/C15H25NO2/c1-5-6-8-12(2)16-11-13-9-7-10-14(17-3)15(13)18-4/h7,9-10,12,16H,5-6,8,11H2,1-4H3. The molecule has 0 aliphatic heterocycles. The Kier molecular flexibility index (Phi) is 6.58. The highest BCUT2D eigenvalue weighted by atomic mass is 16.5. The summed E-state index contributed by atoms with van der Waals surface area (Å²) in [4.78, 5) is 0. The van der Waals surface area contributed by atoms with Gasteiger partial charge in [0.15, 0.2) is 11.5 Å². The van der Waals surface area contributed by atoms with Crippen LogP contribution in [0.15, 0.2) is 18.2 Å². The molecule has 0 spiro atoms. The molecule has 0 saturated carbocycles. The number of nitrogens with one attached hydrogen (secondary N) is 1. The van der Waals surface area contributed by atoms with Gasteiger partial charge < -0.3 is 14.8 Å². The average Bonchev–Trinajstić information content (AvgIpc) is 2.41. The zero-order valence-corrected chi connectivity index (χ0v) is 12.0. The smallest absolute Gasteiger partial charge is 0.165 e. The monoisotopic (exact) mass is 251 g/mol. The number of hydrogen-bond donors (Lipinski definition) is 1. The predicted octanol–water partition coefficient (Wildman–Crippen LogP) is 3.37. The Balaban J connectivity index is 2.61. The van der Waals surface area contributed by atoms with E-state index in [9.17, 15) is 0 Å². The highest BCUT2D eigenvalue weighted by Crippen LogP contribution is 2.30. The van der Waals surface area contributed by atoms with Gasteiger partial charge in [-0.15, -0.1) is 0 Å². The molecule has 0 aromatic heterocycles. The van der Waals surface area contributed by atoms with Crippen LogP contribution in [0.5, 0.6) is 11.5 Å². The Hall–Kier alpha value is -1.22. The molecular formula is C15H25NO2. The lowest BCUT2D eigenvalue weighted by Gasteiger charge is -2.16. The van der Waals surface area contributed by atoms with Crippen LogP contribution < -0.4 is 14.8 Å². The van der Waals surface area contributed by atoms with Crippen molar-refractivity contribution in [3.63, 3.8) is 0 Å². The van der Waals surface area contributed by atoms with Crippen LogP contribution in [0.25, 0.3) is 0 Å². The molecule has 0 radical (unpaired) electrons. The van der Waals surface area contributed by atoms with Crippen molar-refractivity contribution in [2.24, 2.45) is 0 Å². The Morgan fingerprint density at radius 1 is 1.22 bits per heavy atom. The lowest BCUT2D eigenvalue weighted by atomic mass is 10.1. The summed E-state index contributed by atoms with van der Waals surface area (Å²) in [5, 5.41) is 3.52. The minimum atomic E-state index is 0.529. The quantitative estimate of drug-likeness (QED) is 0.768. The molecule has 102 valence electrons. The summed E-state index contributed by atoms with van der Waals surface area (Å²) >= 11 is 0. The lowest BCUT2D eigenvalue weighted by Crippen LogP contribution is -2.25. The van der Waals surface area contributed by atoms with Gasteiger partial charge in [-0.1, -0.05) is 31.9 Å². The number of benzene rings is 1. The molecule has 3 heteroatoms. The normalized spacial score (nSPS) is 12.2. The summed E-state index contributed by atoms with van der Waals surface area (Å²) in [6, 6.07) is 6.51. The predicted molar refractivity (Wildman–Crippen MR) is 75.4 cm³/mol. The molecule has 1 unspecified atom stereocenters. The number of unbranched alkanes of at least 4 members (excludes halogenated alkanes) is 1. The summed E-state index contributed by atoms with van der Waals surface area (Å²) in [5.74, 6) is 1.62. The van der Waals surface area contributed by atoms with Gasteiger partial charge in [-0.25, -0.2) is 0 Å². The molecule has 0 amide bonds. The van der Waals surface area contributed by atoms with Crippen molar-refractivity contribution < 1.29 is 9.47 Å². The van der Waals surface area contributed by atoms with Gasteiger partial charge in [0.1, 0.15) is 0 Å². The Morgan fingerprint density at radius 3 is 2.61 bits per heavy atom. The second-order valence-corrected chi connectivity index (χ2v) is 4.58. The van der Waals surface area contributed by atoms with E-state index >= 15 is 0 Å². The molecule has 0 fully saturated rings. The number of methoxy groups -OCH3 is 2. The van der Waals surface area contributed by atoms with Gasteiger partial charge in [0.05, 0.1) is 14.2 Å². The van der Waals surface area contributed by atoms with Crippen LogP contribution in [-0.2, 0) is 6.54 Å². The fourth-order valence-corrected chi connectivity index (χ4v) is 1.99. The maximum absolute atomic E-state index is 5.42. The van der Waals surface area contributed by atoms with E-state index in [-0.39, 0.29) is 0 Å². The van der Waals surface area contributed by atoms with E-state index in [1.807, 2.05) is 12.1 Å². The molecule has 1 aromatic rings. The van der Waals surface area contributed by atoms with E-state index in [1.165, 1.54) is 19.3 Å². The molecule has 0 bridgehead atoms. The van der Waals surface area contributed by atoms with E-state index < -0.39 is 0 Å². The number of hydrogen-bond acceptors (Lipinski definition) is 3. The maximum atomic E-state index is 5.42. The zero-order valence-electron chi connectivity index (χ0n) is 12.0. The van der Waals surface area contributed by atoms with Gasteiger partial charge >= 0.3 is 0 Å². The van der Waals surface area contributed by atoms with Crippen LogP contribution in [0.3, 0.4) is 0 Å². The Labute approximate surface area is 110 Å². The highest BCUT2D eigenvalue weighted by Gasteiger charge is 2.10. The van der Waals surface area contributed by atoms with E-state index in [4.69, 9.17) is 9.47 Å². The lowest BCUT2D eigenvalue weighted by molar-refractivity contribution is 0.349. The van der Waals surface area contributed by atoms with Crippen LogP contribution in [0, 0.1) is 0 Å². The largest absolute Gasteiger partial charge is 0.493 e. The first-order valence-corrected chi connectivity index (χ1v) is 6.66. The molecule has 0 heterocycles. The second-order valence-electron chi connectivity index (χ2n) is 4.58. The molecule has 1 N–H and O–H groups in total. The minimum absolute atomic E-state index is 0.529. The number of ether oxygens (including phenoxy) is 2. The van der Waals surface area contributed by atoms with E-state index in [2.05, 4.69) is 25.2 Å². The van der Waals surface area contributed by atoms with Crippen LogP contribution in [-0.4, -0.2) is 20.3 Å². The first-order chi connectivity index (χ1) is 8.72. The van der Waals surface area contributed by atoms with Crippen LogP contribution in [0.2, 0.25) is 0 Å². The highest BCUT2D eigenvalue weighted by molar-refractivity contribution is 5.46. The van der Waals surface area contributed by atoms with E-state index in [0.717, 1.165) is 23.6 Å². The van der Waals surface area contributed by atoms with Crippen LogP contribution >= 0.6 is 0 Å². The van der Waals surface area contributed by atoms with Crippen molar-refractivity contribution in [1.82, 2.24) is 5.32 Å². The SMILES string of the molecule is CCCCC(C)NCc1cccc(OC)c1OC. The van der Waals surface area contributed by atoms with E-state index in [0.29, 0.717) is 6.04 Å². The second kappa shape index (κ2) is 7.98. The number of rotatable bonds is 8. The molecule has 0 aliphatic rings. The molecule has 1 rings (SSSR count). The third-order valence-electron chi connectivity index (χ3n) is 3.12. The third-order valence-corrected chi connectivity index (χ3v) is 3.12. The van der Waals surface area contributed by atoms with E-state index in [1.54, 1.807) is 14.2 Å². The fraction of sp³-hybridized carbons (Fsp3) is 0.600. The van der Waals surface area contributed by atoms with Gasteiger partial charge in [0, 0.05) is 18.2 Å². The molecule has 18 heavy (non-hydrogen) atoms. The summed E-state index contributed by atoms with van der Waals surface area (Å²) in [7, 11) is 3.35. The molecular weight excluding hydrogens is 226 g/mol. The summed E-state index contributed by atoms with van der Waals surface area (Å²) in [5.41, 5.74) is 1.14. The molecule has 1 atom stereocenters. The molecule has 0 saturated heterocycles. The van der Waals surface area contributed by atoms with Gasteiger partial charge in [-0.3, -0.25) is 0 Å². The van der Waals surface area contributed by atoms with Gasteiger partial charge in [0.25, 0.3) is 0 Å². The van der Waals surface area contributed by atoms with Gasteiger partial charge in [0.2, 0.25) is 0 Å². The van der Waals surface area contributed by atoms with Crippen LogP contribution in [0.1, 0.15) is 38.7 Å². The van der Waals surface area contributed by atoms with Crippen LogP contribution in [0.4, 0.5) is 0 Å². The third kappa shape index (κ3) is 4.22. The van der Waals surface area contributed by atoms with Gasteiger partial charge in [-0.2, -0.15) is 0 Å². The first-order valence-electron chi connectivity index (χ1n) is 6.66. The van der Waals surface area contributed by atoms with Crippen molar-refractivity contribution in [3.05, 3.63) is 23.8 Å². The summed E-state index contributed by atoms with van der Waals surface area (Å²) < 4.78 is 10.7. The topological polar surface area (TPSA) is 30.5 Å². The van der Waals surface area contributed by atoms with Crippen molar-refractivity contribution in [2.75, 3.05) is 14.2 Å². The fourth-order valence-electron chi connectivity index (χ4n) is 1.99. The first kappa shape index (κ1) is 14.8. The molecule has 3 nitrogen and oxygen atoms in total. The Bertz CT molecular complexity index is 352. The summed E-state index contributed by atoms with van der Waals surface area (Å²) in [6.45, 7) is 5.26. The zero-order chi connectivity index (χ0) is 13.4. The molecule has 1 aromatic carbocycles. The maximum Gasteiger partial charge on any atom is 0.165 e. The average molecular weight is 251 g/mol. The van der Waals surface area contributed by atoms with Crippen molar-refractivity contribution in [1.29, 1.82) is 0 Å². The van der Waals surface area contributed by atoms with Crippen molar-refractivity contribution >= 4 is 0 Å². The minimum Gasteiger partial charge on any atom is -0.493 e. The van der Waals surface area contributed by atoms with Gasteiger partial charge in [-0.05, 0) is 19.4 Å². The van der Waals surface area contributed by atoms with Crippen molar-refractivity contribution in [3.8, 4) is 11.5 Å².